The Balaban J connectivity index is 1.35. The maximum Gasteiger partial charge on any atom is 0.303 e. The summed E-state index contributed by atoms with van der Waals surface area (Å²) in [7, 11) is 0. The van der Waals surface area contributed by atoms with Gasteiger partial charge in [-0.05, 0) is 44.7 Å². The molecule has 3 aliphatic heterocycles. The van der Waals surface area contributed by atoms with Crippen molar-refractivity contribution >= 4 is 22.8 Å². The molecule has 1 aromatic heterocycles. The predicted molar refractivity (Wildman–Crippen MR) is 128 cm³/mol. The van der Waals surface area contributed by atoms with E-state index in [1.807, 2.05) is 60.4 Å². The zero-order valence-electron chi connectivity index (χ0n) is 19.7. The first-order valence-corrected chi connectivity index (χ1v) is 12.3. The van der Waals surface area contributed by atoms with Crippen molar-refractivity contribution in [1.82, 2.24) is 15.1 Å². The zero-order chi connectivity index (χ0) is 24.2. The lowest BCUT2D eigenvalue weighted by molar-refractivity contribution is -0.169. The number of benzene rings is 2. The highest BCUT2D eigenvalue weighted by Gasteiger charge is 2.57. The lowest BCUT2D eigenvalue weighted by atomic mass is 9.68. The lowest BCUT2D eigenvalue weighted by Gasteiger charge is -2.54. The molecule has 4 atom stereocenters. The standard InChI is InChI=1S/C27H29N3O5/c1-26(13-11-22(31)32)19-15-27(16-34-24(19)18-8-3-5-10-21(18)35-26)12-6-14-30(27)25(33)23-17-7-2-4-9-20(17)28-29-23/h2-5,7-10,19,24H,6,11-16H2,1H3,(H,28,29)(H,31,32)/t19-,24+,26+,27+/m1/s1. The van der Waals surface area contributed by atoms with Crippen LogP contribution in [0.25, 0.3) is 10.9 Å². The van der Waals surface area contributed by atoms with Crippen LogP contribution in [0.2, 0.25) is 0 Å². The van der Waals surface area contributed by atoms with Crippen LogP contribution in [-0.4, -0.2) is 56.4 Å². The number of likely N-dealkylation sites (tertiary alicyclic amines) is 1. The van der Waals surface area contributed by atoms with Gasteiger partial charge in [0.05, 0.1) is 23.8 Å². The number of carboxylic acid groups (broad SMARTS) is 1. The van der Waals surface area contributed by atoms with Gasteiger partial charge in [0.25, 0.3) is 5.91 Å². The van der Waals surface area contributed by atoms with E-state index in [2.05, 4.69) is 10.2 Å². The number of fused-ring (bicyclic) bond motifs is 4. The number of aliphatic carboxylic acids is 1. The molecular formula is C27H29N3O5. The minimum Gasteiger partial charge on any atom is -0.487 e. The fraction of sp³-hybridized carbons (Fsp3) is 0.444. The highest BCUT2D eigenvalue weighted by molar-refractivity contribution is 6.05. The summed E-state index contributed by atoms with van der Waals surface area (Å²) >= 11 is 0. The molecule has 3 aromatic rings. The minimum absolute atomic E-state index is 0.0107. The molecule has 8 heteroatoms. The number of H-pyrrole nitrogens is 1. The predicted octanol–water partition coefficient (Wildman–Crippen LogP) is 4.33. The second-order valence-corrected chi connectivity index (χ2v) is 10.3. The molecule has 6 rings (SSSR count). The molecule has 35 heavy (non-hydrogen) atoms. The van der Waals surface area contributed by atoms with Crippen molar-refractivity contribution in [3.05, 3.63) is 59.8 Å². The molecule has 2 saturated heterocycles. The molecule has 2 N–H and O–H groups in total. The Bertz CT molecular complexity index is 1300. The summed E-state index contributed by atoms with van der Waals surface area (Å²) in [4.78, 5) is 27.2. The average molecular weight is 476 g/mol. The summed E-state index contributed by atoms with van der Waals surface area (Å²) in [5.41, 5.74) is 1.07. The average Bonchev–Trinajstić information content (AvgIpc) is 3.47. The molecule has 2 aromatic carbocycles. The number of nitrogens with one attached hydrogen (secondary N) is 1. The van der Waals surface area contributed by atoms with Crippen LogP contribution in [-0.2, 0) is 9.53 Å². The Kier molecular flexibility index (Phi) is 5.11. The van der Waals surface area contributed by atoms with Gasteiger partial charge in [0.2, 0.25) is 0 Å². The highest BCUT2D eigenvalue weighted by Crippen LogP contribution is 2.55. The summed E-state index contributed by atoms with van der Waals surface area (Å²) < 4.78 is 13.1. The lowest BCUT2D eigenvalue weighted by Crippen LogP contribution is -2.60. The van der Waals surface area contributed by atoms with Crippen molar-refractivity contribution in [3.63, 3.8) is 0 Å². The Morgan fingerprint density at radius 1 is 1.20 bits per heavy atom. The molecule has 0 saturated carbocycles. The van der Waals surface area contributed by atoms with Crippen LogP contribution in [0.4, 0.5) is 0 Å². The number of nitrogens with zero attached hydrogens (tertiary/aromatic N) is 2. The van der Waals surface area contributed by atoms with Crippen molar-refractivity contribution in [2.75, 3.05) is 13.2 Å². The molecule has 0 unspecified atom stereocenters. The van der Waals surface area contributed by atoms with Gasteiger partial charge < -0.3 is 19.5 Å². The molecular weight excluding hydrogens is 446 g/mol. The van der Waals surface area contributed by atoms with Crippen LogP contribution in [0.5, 0.6) is 5.75 Å². The molecule has 182 valence electrons. The van der Waals surface area contributed by atoms with Crippen molar-refractivity contribution in [1.29, 1.82) is 0 Å². The van der Waals surface area contributed by atoms with Crippen molar-refractivity contribution in [3.8, 4) is 5.75 Å². The van der Waals surface area contributed by atoms with Crippen LogP contribution < -0.4 is 4.74 Å². The topological polar surface area (TPSA) is 105 Å². The number of aromatic amines is 1. The third kappa shape index (κ3) is 3.50. The van der Waals surface area contributed by atoms with E-state index in [1.54, 1.807) is 0 Å². The zero-order valence-corrected chi connectivity index (χ0v) is 19.7. The van der Waals surface area contributed by atoms with Crippen LogP contribution in [0.3, 0.4) is 0 Å². The van der Waals surface area contributed by atoms with E-state index < -0.39 is 17.1 Å². The van der Waals surface area contributed by atoms with Crippen molar-refractivity contribution < 1.29 is 24.2 Å². The van der Waals surface area contributed by atoms with Gasteiger partial charge in [0.1, 0.15) is 11.4 Å². The maximum absolute atomic E-state index is 13.8. The molecule has 2 fully saturated rings. The largest absolute Gasteiger partial charge is 0.487 e. The van der Waals surface area contributed by atoms with Crippen LogP contribution in [0, 0.1) is 5.92 Å². The number of hydrogen-bond donors (Lipinski definition) is 2. The first kappa shape index (κ1) is 22.1. The van der Waals surface area contributed by atoms with Gasteiger partial charge in [-0.25, -0.2) is 0 Å². The molecule has 4 heterocycles. The van der Waals surface area contributed by atoms with Gasteiger partial charge in [0.15, 0.2) is 5.69 Å². The van der Waals surface area contributed by atoms with Gasteiger partial charge in [-0.3, -0.25) is 14.7 Å². The molecule has 1 amide bonds. The second kappa shape index (κ2) is 8.09. The maximum atomic E-state index is 13.8. The SMILES string of the molecule is C[C@@]1(CCC(=O)O)Oc2ccccc2[C@@H]2OC[C@]3(CCCN3C(=O)c3n[nH]c4ccccc34)C[C@H]21. The van der Waals surface area contributed by atoms with Gasteiger partial charge in [-0.15, -0.1) is 0 Å². The van der Waals surface area contributed by atoms with E-state index in [0.29, 0.717) is 31.7 Å². The monoisotopic (exact) mass is 475 g/mol. The minimum atomic E-state index is -0.847. The fourth-order valence-corrected chi connectivity index (χ4v) is 6.38. The Morgan fingerprint density at radius 3 is 2.86 bits per heavy atom. The third-order valence-corrected chi connectivity index (χ3v) is 8.20. The molecule has 0 bridgehead atoms. The van der Waals surface area contributed by atoms with Gasteiger partial charge in [-0.1, -0.05) is 36.4 Å². The number of hydrogen-bond acceptors (Lipinski definition) is 5. The van der Waals surface area contributed by atoms with Crippen LogP contribution in [0.15, 0.2) is 48.5 Å². The smallest absolute Gasteiger partial charge is 0.303 e. The Morgan fingerprint density at radius 2 is 2.00 bits per heavy atom. The summed E-state index contributed by atoms with van der Waals surface area (Å²) in [5.74, 6) is -0.277. The first-order valence-electron chi connectivity index (χ1n) is 12.3. The number of amides is 1. The summed E-state index contributed by atoms with van der Waals surface area (Å²) in [5, 5.41) is 17.6. The summed E-state index contributed by atoms with van der Waals surface area (Å²) in [6, 6.07) is 15.5. The van der Waals surface area contributed by atoms with Gasteiger partial charge in [0, 0.05) is 29.8 Å². The molecule has 3 aliphatic rings. The second-order valence-electron chi connectivity index (χ2n) is 10.3. The number of carbonyl (C=O) groups excluding carboxylic acids is 1. The van der Waals surface area contributed by atoms with Crippen molar-refractivity contribution in [2.24, 2.45) is 5.92 Å². The van der Waals surface area contributed by atoms with E-state index in [1.165, 1.54) is 0 Å². The number of aromatic nitrogens is 2. The normalized spacial score (nSPS) is 29.6. The molecule has 1 spiro atoms. The number of carboxylic acids is 1. The highest BCUT2D eigenvalue weighted by atomic mass is 16.5. The molecule has 0 radical (unpaired) electrons. The third-order valence-electron chi connectivity index (χ3n) is 8.20. The van der Waals surface area contributed by atoms with E-state index in [4.69, 9.17) is 9.47 Å². The van der Waals surface area contributed by atoms with E-state index in [9.17, 15) is 14.7 Å². The van der Waals surface area contributed by atoms with Crippen LogP contribution in [0.1, 0.15) is 61.2 Å². The van der Waals surface area contributed by atoms with Crippen molar-refractivity contribution in [2.45, 2.75) is 56.3 Å². The Hall–Kier alpha value is -3.39. The molecule has 8 nitrogen and oxygen atoms in total. The van der Waals surface area contributed by atoms with E-state index in [0.717, 1.165) is 35.1 Å². The van der Waals surface area contributed by atoms with E-state index >= 15 is 0 Å². The van der Waals surface area contributed by atoms with Gasteiger partial charge >= 0.3 is 5.97 Å². The number of carbonyl (C=O) groups is 2. The van der Waals surface area contributed by atoms with Gasteiger partial charge in [-0.2, -0.15) is 5.10 Å². The summed E-state index contributed by atoms with van der Waals surface area (Å²) in [6.07, 6.45) is 2.59. The van der Waals surface area contributed by atoms with Crippen LogP contribution >= 0.6 is 0 Å². The number of ether oxygens (including phenoxy) is 2. The quantitative estimate of drug-likeness (QED) is 0.582. The Labute approximate surface area is 203 Å². The van der Waals surface area contributed by atoms with E-state index in [-0.39, 0.29) is 24.3 Å². The first-order chi connectivity index (χ1) is 16.9. The fourth-order valence-electron chi connectivity index (χ4n) is 6.38. The molecule has 0 aliphatic carbocycles. The number of para-hydroxylation sites is 2. The summed E-state index contributed by atoms with van der Waals surface area (Å²) in [6.45, 7) is 3.07. The number of rotatable bonds is 4.